The minimum Gasteiger partial charge on any atom is -0.349 e. The van der Waals surface area contributed by atoms with Crippen LogP contribution in [0.4, 0.5) is 18.9 Å². The lowest BCUT2D eigenvalue weighted by molar-refractivity contribution is -0.140. The second-order valence-electron chi connectivity index (χ2n) is 4.00. The molecule has 1 N–H and O–H groups in total. The molecule has 1 heterocycles. The summed E-state index contributed by atoms with van der Waals surface area (Å²) >= 11 is 0. The molecule has 0 atom stereocenters. The van der Waals surface area contributed by atoms with Crippen molar-refractivity contribution in [3.8, 4) is 0 Å². The summed E-state index contributed by atoms with van der Waals surface area (Å²) in [4.78, 5) is 15.8. The molecule has 0 amide bonds. The molecule has 3 nitrogen and oxygen atoms in total. The topological polar surface area (TPSA) is 45.2 Å². The molecule has 0 radical (unpaired) electrons. The third kappa shape index (κ3) is 1.80. The van der Waals surface area contributed by atoms with Crippen LogP contribution in [-0.4, -0.2) is 11.1 Å². The van der Waals surface area contributed by atoms with Crippen LogP contribution in [0.2, 0.25) is 0 Å². The standard InChI is InChI=1S/C12H9F3N2O/c1-6-3-4-7(2)9-8(6)10(16-5-18)11(17-9)12(13,14)15/h3-4,17H,1-2H3. The molecular weight excluding hydrogens is 245 g/mol. The Hall–Kier alpha value is -2.07. The van der Waals surface area contributed by atoms with Gasteiger partial charge in [-0.2, -0.15) is 18.2 Å². The maximum Gasteiger partial charge on any atom is 0.433 e. The number of hydrogen-bond donors (Lipinski definition) is 1. The number of aromatic nitrogens is 1. The highest BCUT2D eigenvalue weighted by Crippen LogP contribution is 2.42. The van der Waals surface area contributed by atoms with Crippen LogP contribution >= 0.6 is 0 Å². The van der Waals surface area contributed by atoms with Crippen molar-refractivity contribution in [2.75, 3.05) is 0 Å². The van der Waals surface area contributed by atoms with E-state index in [-0.39, 0.29) is 0 Å². The van der Waals surface area contributed by atoms with E-state index < -0.39 is 17.6 Å². The Morgan fingerprint density at radius 1 is 1.22 bits per heavy atom. The molecule has 0 aliphatic carbocycles. The number of fused-ring (bicyclic) bond motifs is 1. The van der Waals surface area contributed by atoms with Crippen LogP contribution in [0.3, 0.4) is 0 Å². The average Bonchev–Trinajstić information content (AvgIpc) is 2.65. The van der Waals surface area contributed by atoms with Gasteiger partial charge in [0.1, 0.15) is 11.4 Å². The number of alkyl halides is 3. The summed E-state index contributed by atoms with van der Waals surface area (Å²) in [7, 11) is 0. The molecule has 18 heavy (non-hydrogen) atoms. The number of halogens is 3. The molecule has 0 fully saturated rings. The van der Waals surface area contributed by atoms with Crippen LogP contribution in [0.5, 0.6) is 0 Å². The van der Waals surface area contributed by atoms with Gasteiger partial charge in [-0.1, -0.05) is 12.1 Å². The van der Waals surface area contributed by atoms with Gasteiger partial charge in [0.05, 0.1) is 5.52 Å². The van der Waals surface area contributed by atoms with E-state index in [2.05, 4.69) is 9.98 Å². The van der Waals surface area contributed by atoms with Gasteiger partial charge in [-0.3, -0.25) is 0 Å². The zero-order valence-corrected chi connectivity index (χ0v) is 9.64. The number of isocyanates is 1. The molecule has 0 bridgehead atoms. The van der Waals surface area contributed by atoms with Crippen molar-refractivity contribution in [1.29, 1.82) is 0 Å². The number of aromatic amines is 1. The molecule has 2 aromatic rings. The SMILES string of the molecule is Cc1ccc(C)c2c(N=C=O)c(C(F)(F)F)[nH]c12. The van der Waals surface area contributed by atoms with E-state index in [9.17, 15) is 18.0 Å². The van der Waals surface area contributed by atoms with Gasteiger partial charge < -0.3 is 4.98 Å². The van der Waals surface area contributed by atoms with E-state index in [4.69, 9.17) is 0 Å². The first-order chi connectivity index (χ1) is 8.36. The molecule has 6 heteroatoms. The predicted molar refractivity (Wildman–Crippen MR) is 60.6 cm³/mol. The fraction of sp³-hybridized carbons (Fsp3) is 0.250. The van der Waals surface area contributed by atoms with Crippen LogP contribution in [-0.2, 0) is 11.0 Å². The number of hydrogen-bond acceptors (Lipinski definition) is 2. The lowest BCUT2D eigenvalue weighted by Crippen LogP contribution is -2.05. The Morgan fingerprint density at radius 3 is 2.39 bits per heavy atom. The van der Waals surface area contributed by atoms with Gasteiger partial charge in [0.25, 0.3) is 0 Å². The fourth-order valence-electron chi connectivity index (χ4n) is 1.95. The van der Waals surface area contributed by atoms with Gasteiger partial charge in [-0.25, -0.2) is 4.79 Å². The normalized spacial score (nSPS) is 11.6. The maximum absolute atomic E-state index is 12.9. The maximum atomic E-state index is 12.9. The van der Waals surface area contributed by atoms with Gasteiger partial charge in [0.2, 0.25) is 6.08 Å². The summed E-state index contributed by atoms with van der Waals surface area (Å²) in [5, 5.41) is 0.311. The summed E-state index contributed by atoms with van der Waals surface area (Å²) in [6.45, 7) is 3.35. The zero-order valence-electron chi connectivity index (χ0n) is 9.64. The Labute approximate surface area is 100 Å². The quantitative estimate of drug-likeness (QED) is 0.611. The van der Waals surface area contributed by atoms with Crippen molar-refractivity contribution >= 4 is 22.7 Å². The molecule has 1 aromatic heterocycles. The Bertz CT molecular complexity index is 664. The number of aryl methyl sites for hydroxylation is 2. The number of rotatable bonds is 1. The largest absolute Gasteiger partial charge is 0.433 e. The third-order valence-corrected chi connectivity index (χ3v) is 2.79. The van der Waals surface area contributed by atoms with Crippen molar-refractivity contribution in [1.82, 2.24) is 4.98 Å². The number of nitrogens with zero attached hydrogens (tertiary/aromatic N) is 1. The molecule has 1 aromatic carbocycles. The molecule has 0 saturated carbocycles. The summed E-state index contributed by atoms with van der Waals surface area (Å²) in [6.07, 6.45) is -3.41. The predicted octanol–water partition coefficient (Wildman–Crippen LogP) is 3.77. The van der Waals surface area contributed by atoms with E-state index >= 15 is 0 Å². The monoisotopic (exact) mass is 254 g/mol. The first-order valence-electron chi connectivity index (χ1n) is 5.13. The van der Waals surface area contributed by atoms with Gasteiger partial charge >= 0.3 is 6.18 Å². The molecule has 0 unspecified atom stereocenters. The summed E-state index contributed by atoms with van der Waals surface area (Å²) in [5.74, 6) is 0. The van der Waals surface area contributed by atoms with Gasteiger partial charge in [0, 0.05) is 5.39 Å². The molecule has 0 spiro atoms. The van der Waals surface area contributed by atoms with Crippen LogP contribution in [0.1, 0.15) is 16.8 Å². The van der Waals surface area contributed by atoms with Gasteiger partial charge in [-0.15, -0.1) is 0 Å². The van der Waals surface area contributed by atoms with E-state index in [1.165, 1.54) is 6.08 Å². The lowest BCUT2D eigenvalue weighted by Gasteiger charge is -2.03. The van der Waals surface area contributed by atoms with Crippen molar-refractivity contribution in [2.24, 2.45) is 4.99 Å². The van der Waals surface area contributed by atoms with Gasteiger partial charge in [-0.05, 0) is 25.0 Å². The highest BCUT2D eigenvalue weighted by atomic mass is 19.4. The first kappa shape index (κ1) is 12.4. The molecule has 0 aliphatic heterocycles. The molecular formula is C12H9F3N2O. The second kappa shape index (κ2) is 3.99. The van der Waals surface area contributed by atoms with Crippen molar-refractivity contribution in [3.63, 3.8) is 0 Å². The number of H-pyrrole nitrogens is 1. The van der Waals surface area contributed by atoms with Crippen molar-refractivity contribution < 1.29 is 18.0 Å². The molecule has 2 rings (SSSR count). The Kier molecular flexibility index (Phi) is 2.75. The second-order valence-corrected chi connectivity index (χ2v) is 4.00. The zero-order chi connectivity index (χ0) is 13.5. The fourth-order valence-corrected chi connectivity index (χ4v) is 1.95. The number of benzene rings is 1. The molecule has 0 aliphatic rings. The summed E-state index contributed by atoms with van der Waals surface area (Å²) in [5.41, 5.74) is 0.216. The van der Waals surface area contributed by atoms with Crippen LogP contribution < -0.4 is 0 Å². The van der Waals surface area contributed by atoms with Crippen LogP contribution in [0.25, 0.3) is 10.9 Å². The minimum atomic E-state index is -4.59. The van der Waals surface area contributed by atoms with Crippen molar-refractivity contribution in [2.45, 2.75) is 20.0 Å². The highest BCUT2D eigenvalue weighted by molar-refractivity contribution is 5.98. The molecule has 0 saturated heterocycles. The van der Waals surface area contributed by atoms with E-state index in [1.807, 2.05) is 0 Å². The number of nitrogens with one attached hydrogen (secondary N) is 1. The van der Waals surface area contributed by atoms with E-state index in [1.54, 1.807) is 26.0 Å². The van der Waals surface area contributed by atoms with Crippen LogP contribution in [0.15, 0.2) is 17.1 Å². The Balaban J connectivity index is 2.97. The lowest BCUT2D eigenvalue weighted by atomic mass is 10.1. The summed E-state index contributed by atoms with van der Waals surface area (Å²) in [6, 6.07) is 3.40. The molecule has 94 valence electrons. The highest BCUT2D eigenvalue weighted by Gasteiger charge is 2.37. The van der Waals surface area contributed by atoms with Crippen LogP contribution in [0, 0.1) is 13.8 Å². The third-order valence-electron chi connectivity index (χ3n) is 2.79. The Morgan fingerprint density at radius 2 is 1.83 bits per heavy atom. The number of aliphatic imine (C=N–C) groups is 1. The summed E-state index contributed by atoms with van der Waals surface area (Å²) < 4.78 is 38.6. The van der Waals surface area contributed by atoms with E-state index in [0.29, 0.717) is 22.0 Å². The van der Waals surface area contributed by atoms with Crippen molar-refractivity contribution in [3.05, 3.63) is 29.0 Å². The van der Waals surface area contributed by atoms with E-state index in [0.717, 1.165) is 0 Å². The average molecular weight is 254 g/mol. The smallest absolute Gasteiger partial charge is 0.349 e. The number of carbonyl (C=O) groups excluding carboxylic acids is 1. The van der Waals surface area contributed by atoms with Gasteiger partial charge in [0.15, 0.2) is 0 Å². The minimum absolute atomic E-state index is 0.311. The first-order valence-corrected chi connectivity index (χ1v) is 5.13.